The number of ether oxygens (including phenoxy) is 1. The highest BCUT2D eigenvalue weighted by Crippen LogP contribution is 2.39. The van der Waals surface area contributed by atoms with Crippen LogP contribution in [0.1, 0.15) is 82.7 Å². The summed E-state index contributed by atoms with van der Waals surface area (Å²) in [7, 11) is 1.70. The summed E-state index contributed by atoms with van der Waals surface area (Å²) >= 11 is 0. The van der Waals surface area contributed by atoms with Crippen LogP contribution in [0.15, 0.2) is 36.4 Å². The molecule has 3 N–H and O–H groups in total. The lowest BCUT2D eigenvalue weighted by molar-refractivity contribution is -0.118. The second-order valence-electron chi connectivity index (χ2n) is 12.0. The molecule has 1 saturated carbocycles. The van der Waals surface area contributed by atoms with Crippen molar-refractivity contribution < 1.29 is 19.1 Å². The van der Waals surface area contributed by atoms with E-state index in [0.29, 0.717) is 48.9 Å². The quantitative estimate of drug-likeness (QED) is 0.497. The van der Waals surface area contributed by atoms with Crippen molar-refractivity contribution in [1.82, 2.24) is 15.1 Å². The van der Waals surface area contributed by atoms with Crippen molar-refractivity contribution in [2.45, 2.75) is 63.9 Å². The topological polar surface area (TPSA) is 108 Å². The third-order valence-electron chi connectivity index (χ3n) is 8.89. The molecule has 0 radical (unpaired) electrons. The Kier molecular flexibility index (Phi) is 9.80. The molecule has 0 unspecified atom stereocenters. The molecule has 0 bridgehead atoms. The SMILES string of the molecule is Cc1cc(C(=O)N2CCN(C(=O)c3ccc(O[C@H]4CCNC4)c(C4CCCCC4)c3)CC2)cc(N(C)C(=O)CCN)c1. The largest absolute Gasteiger partial charge is 0.489 e. The first kappa shape index (κ1) is 30.0. The van der Waals surface area contributed by atoms with Gasteiger partial charge in [-0.25, -0.2) is 0 Å². The Morgan fingerprint density at radius 1 is 0.929 bits per heavy atom. The third kappa shape index (κ3) is 6.95. The van der Waals surface area contributed by atoms with Crippen LogP contribution >= 0.6 is 0 Å². The van der Waals surface area contributed by atoms with E-state index in [-0.39, 0.29) is 36.8 Å². The van der Waals surface area contributed by atoms with Gasteiger partial charge in [-0.2, -0.15) is 0 Å². The molecular formula is C33H45N5O4. The van der Waals surface area contributed by atoms with Gasteiger partial charge >= 0.3 is 0 Å². The van der Waals surface area contributed by atoms with Crippen molar-refractivity contribution in [3.63, 3.8) is 0 Å². The molecule has 3 amide bonds. The van der Waals surface area contributed by atoms with Gasteiger partial charge < -0.3 is 30.5 Å². The maximum absolute atomic E-state index is 13.6. The van der Waals surface area contributed by atoms with E-state index >= 15 is 0 Å². The average molecular weight is 576 g/mol. The minimum Gasteiger partial charge on any atom is -0.489 e. The van der Waals surface area contributed by atoms with Gasteiger partial charge in [0.15, 0.2) is 0 Å². The molecule has 42 heavy (non-hydrogen) atoms. The maximum Gasteiger partial charge on any atom is 0.254 e. The number of rotatable bonds is 8. The molecule has 9 nitrogen and oxygen atoms in total. The number of hydrogen-bond acceptors (Lipinski definition) is 6. The fourth-order valence-electron chi connectivity index (χ4n) is 6.42. The number of nitrogens with zero attached hydrogens (tertiary/aromatic N) is 3. The second kappa shape index (κ2) is 13.7. The summed E-state index contributed by atoms with van der Waals surface area (Å²) in [6, 6.07) is 11.5. The standard InChI is InChI=1S/C33H45N5O4/c1-23-18-26(20-27(19-23)36(2)31(39)10-12-34)33(41)38-16-14-37(15-17-38)32(40)25-8-9-30(42-28-11-13-35-22-28)29(21-25)24-6-4-3-5-7-24/h8-9,18-21,24,28,35H,3-7,10-17,22,34H2,1-2H3/t28-/m0/s1. The fraction of sp³-hybridized carbons (Fsp3) is 0.545. The summed E-state index contributed by atoms with van der Waals surface area (Å²) in [4.78, 5) is 44.7. The van der Waals surface area contributed by atoms with Crippen molar-refractivity contribution in [3.05, 3.63) is 58.7 Å². The van der Waals surface area contributed by atoms with Gasteiger partial charge in [-0.1, -0.05) is 19.3 Å². The van der Waals surface area contributed by atoms with E-state index in [9.17, 15) is 14.4 Å². The van der Waals surface area contributed by atoms with Crippen LogP contribution in [-0.2, 0) is 4.79 Å². The predicted molar refractivity (Wildman–Crippen MR) is 164 cm³/mol. The Hall–Kier alpha value is -3.43. The molecule has 1 atom stereocenters. The highest BCUT2D eigenvalue weighted by Gasteiger charge is 2.28. The summed E-state index contributed by atoms with van der Waals surface area (Å²) in [5.41, 5.74) is 9.55. The van der Waals surface area contributed by atoms with Crippen molar-refractivity contribution in [1.29, 1.82) is 0 Å². The third-order valence-corrected chi connectivity index (χ3v) is 8.89. The van der Waals surface area contributed by atoms with E-state index < -0.39 is 0 Å². The number of nitrogens with one attached hydrogen (secondary N) is 1. The Bertz CT molecular complexity index is 1280. The van der Waals surface area contributed by atoms with Crippen molar-refractivity contribution in [2.24, 2.45) is 5.73 Å². The Morgan fingerprint density at radius 2 is 1.62 bits per heavy atom. The Balaban J connectivity index is 1.25. The van der Waals surface area contributed by atoms with Crippen LogP contribution in [0.3, 0.4) is 0 Å². The number of amides is 3. The summed E-state index contributed by atoms with van der Waals surface area (Å²) in [5, 5.41) is 3.37. The molecule has 5 rings (SSSR count). The molecule has 2 saturated heterocycles. The first-order valence-electron chi connectivity index (χ1n) is 15.5. The van der Waals surface area contributed by atoms with Gasteiger partial charge in [0.1, 0.15) is 11.9 Å². The minimum atomic E-state index is -0.0887. The van der Waals surface area contributed by atoms with Gasteiger partial charge in [-0.05, 0) is 86.2 Å². The van der Waals surface area contributed by atoms with Crippen molar-refractivity contribution in [3.8, 4) is 5.75 Å². The molecule has 1 aliphatic carbocycles. The number of hydrogen-bond donors (Lipinski definition) is 2. The number of aryl methyl sites for hydroxylation is 1. The van der Waals surface area contributed by atoms with E-state index in [1.54, 1.807) is 22.9 Å². The van der Waals surface area contributed by atoms with Gasteiger partial charge in [0.25, 0.3) is 11.8 Å². The number of piperazine rings is 1. The Morgan fingerprint density at radius 3 is 2.26 bits per heavy atom. The molecule has 3 aliphatic rings. The first-order chi connectivity index (χ1) is 20.3. The second-order valence-corrected chi connectivity index (χ2v) is 12.0. The number of carbonyl (C=O) groups excluding carboxylic acids is 3. The van der Waals surface area contributed by atoms with Crippen LogP contribution in [0.5, 0.6) is 5.75 Å². The molecule has 226 valence electrons. The highest BCUT2D eigenvalue weighted by atomic mass is 16.5. The highest BCUT2D eigenvalue weighted by molar-refractivity contribution is 5.99. The van der Waals surface area contributed by atoms with E-state index in [1.807, 2.05) is 36.1 Å². The lowest BCUT2D eigenvalue weighted by Crippen LogP contribution is -2.50. The van der Waals surface area contributed by atoms with E-state index in [2.05, 4.69) is 11.4 Å². The number of benzene rings is 2. The molecular weight excluding hydrogens is 530 g/mol. The molecule has 2 aromatic rings. The molecule has 2 heterocycles. The minimum absolute atomic E-state index is 0.00567. The predicted octanol–water partition coefficient (Wildman–Crippen LogP) is 3.69. The average Bonchev–Trinajstić information content (AvgIpc) is 3.53. The normalized spacial score (nSPS) is 19.5. The zero-order chi connectivity index (χ0) is 29.6. The summed E-state index contributed by atoms with van der Waals surface area (Å²) in [5.74, 6) is 1.18. The van der Waals surface area contributed by atoms with E-state index in [4.69, 9.17) is 10.5 Å². The number of nitrogens with two attached hydrogens (primary N) is 1. The zero-order valence-electron chi connectivity index (χ0n) is 25.1. The summed E-state index contributed by atoms with van der Waals surface area (Å²) < 4.78 is 6.42. The number of carbonyl (C=O) groups is 3. The molecule has 9 heteroatoms. The van der Waals surface area contributed by atoms with E-state index in [0.717, 1.165) is 43.7 Å². The van der Waals surface area contributed by atoms with Gasteiger partial charge in [-0.15, -0.1) is 0 Å². The maximum atomic E-state index is 13.6. The molecule has 3 fully saturated rings. The van der Waals surface area contributed by atoms with E-state index in [1.165, 1.54) is 24.8 Å². The summed E-state index contributed by atoms with van der Waals surface area (Å²) in [6.45, 7) is 5.91. The van der Waals surface area contributed by atoms with Crippen LogP contribution in [0, 0.1) is 6.92 Å². The van der Waals surface area contributed by atoms with Gasteiger partial charge in [0.05, 0.1) is 0 Å². The smallest absolute Gasteiger partial charge is 0.254 e. The van der Waals surface area contributed by atoms with Gasteiger partial charge in [0.2, 0.25) is 5.91 Å². The lowest BCUT2D eigenvalue weighted by atomic mass is 9.83. The van der Waals surface area contributed by atoms with Crippen LogP contribution in [0.4, 0.5) is 5.69 Å². The monoisotopic (exact) mass is 575 g/mol. The van der Waals surface area contributed by atoms with Crippen LogP contribution in [0.25, 0.3) is 0 Å². The zero-order valence-corrected chi connectivity index (χ0v) is 25.1. The van der Waals surface area contributed by atoms with Crippen LogP contribution < -0.4 is 20.7 Å². The van der Waals surface area contributed by atoms with Crippen LogP contribution in [0.2, 0.25) is 0 Å². The van der Waals surface area contributed by atoms with Crippen molar-refractivity contribution in [2.75, 3.05) is 57.8 Å². The number of anilines is 1. The molecule has 2 aromatic carbocycles. The molecule has 2 aliphatic heterocycles. The lowest BCUT2D eigenvalue weighted by Gasteiger charge is -2.35. The molecule has 0 aromatic heterocycles. The van der Waals surface area contributed by atoms with Gasteiger partial charge in [0, 0.05) is 69.6 Å². The molecule has 0 spiro atoms. The Labute approximate surface area is 249 Å². The van der Waals surface area contributed by atoms with Gasteiger partial charge in [-0.3, -0.25) is 14.4 Å². The van der Waals surface area contributed by atoms with Crippen molar-refractivity contribution >= 4 is 23.4 Å². The fourth-order valence-corrected chi connectivity index (χ4v) is 6.42. The first-order valence-corrected chi connectivity index (χ1v) is 15.5. The summed E-state index contributed by atoms with van der Waals surface area (Å²) in [6.07, 6.45) is 7.40. The van der Waals surface area contributed by atoms with Crippen LogP contribution in [-0.4, -0.2) is 86.5 Å².